The maximum absolute atomic E-state index is 12.2. The standard InChI is InChI=1S/C13H15N3O4/c1-8(2)14-6-7-15-12(17)9-4-3-5-10(16(19)20)11(9)13(15)18/h3-5,8,14H,6-7H2,1-2H3. The highest BCUT2D eigenvalue weighted by atomic mass is 16.6. The van der Waals surface area contributed by atoms with Crippen LogP contribution in [0.3, 0.4) is 0 Å². The summed E-state index contributed by atoms with van der Waals surface area (Å²) in [6, 6.07) is 4.33. The van der Waals surface area contributed by atoms with Crippen LogP contribution in [0, 0.1) is 10.1 Å². The van der Waals surface area contributed by atoms with Gasteiger partial charge in [0.25, 0.3) is 17.5 Å². The highest BCUT2D eigenvalue weighted by Crippen LogP contribution is 2.30. The highest BCUT2D eigenvalue weighted by molar-refractivity contribution is 6.23. The Morgan fingerprint density at radius 2 is 2.00 bits per heavy atom. The number of rotatable bonds is 5. The number of nitro benzene ring substituents is 1. The first-order valence-corrected chi connectivity index (χ1v) is 6.30. The molecule has 1 aromatic carbocycles. The van der Waals surface area contributed by atoms with Crippen molar-refractivity contribution in [1.82, 2.24) is 10.2 Å². The zero-order valence-electron chi connectivity index (χ0n) is 11.3. The molecule has 1 aromatic rings. The number of nitrogens with one attached hydrogen (secondary N) is 1. The van der Waals surface area contributed by atoms with Crippen molar-refractivity contribution in [3.63, 3.8) is 0 Å². The minimum atomic E-state index is -0.639. The van der Waals surface area contributed by atoms with Crippen molar-refractivity contribution >= 4 is 17.5 Å². The van der Waals surface area contributed by atoms with Crippen LogP contribution in [-0.4, -0.2) is 40.8 Å². The van der Waals surface area contributed by atoms with E-state index in [1.807, 2.05) is 13.8 Å². The molecule has 20 heavy (non-hydrogen) atoms. The Kier molecular flexibility index (Phi) is 3.80. The van der Waals surface area contributed by atoms with Gasteiger partial charge in [0.15, 0.2) is 0 Å². The lowest BCUT2D eigenvalue weighted by Crippen LogP contribution is -2.38. The molecule has 0 radical (unpaired) electrons. The Morgan fingerprint density at radius 1 is 1.30 bits per heavy atom. The summed E-state index contributed by atoms with van der Waals surface area (Å²) >= 11 is 0. The van der Waals surface area contributed by atoms with Gasteiger partial charge in [0.1, 0.15) is 5.56 Å². The van der Waals surface area contributed by atoms with Crippen LogP contribution >= 0.6 is 0 Å². The van der Waals surface area contributed by atoms with Crippen molar-refractivity contribution in [2.45, 2.75) is 19.9 Å². The van der Waals surface area contributed by atoms with Crippen molar-refractivity contribution < 1.29 is 14.5 Å². The number of hydrogen-bond acceptors (Lipinski definition) is 5. The number of nitrogens with zero attached hydrogens (tertiary/aromatic N) is 2. The monoisotopic (exact) mass is 277 g/mol. The van der Waals surface area contributed by atoms with Gasteiger partial charge in [-0.25, -0.2) is 0 Å². The SMILES string of the molecule is CC(C)NCCN1C(=O)c2cccc([N+](=O)[O-])c2C1=O. The first kappa shape index (κ1) is 14.1. The number of fused-ring (bicyclic) bond motifs is 1. The van der Waals surface area contributed by atoms with Crippen LogP contribution in [0.25, 0.3) is 0 Å². The molecule has 7 nitrogen and oxygen atoms in total. The molecule has 0 fully saturated rings. The molecule has 2 rings (SSSR count). The summed E-state index contributed by atoms with van der Waals surface area (Å²) in [5.41, 5.74) is -0.319. The number of nitro groups is 1. The average molecular weight is 277 g/mol. The maximum atomic E-state index is 12.2. The smallest absolute Gasteiger partial charge is 0.282 e. The van der Waals surface area contributed by atoms with Gasteiger partial charge in [-0.05, 0) is 6.07 Å². The van der Waals surface area contributed by atoms with E-state index in [1.165, 1.54) is 18.2 Å². The van der Waals surface area contributed by atoms with Gasteiger partial charge in [-0.2, -0.15) is 0 Å². The molecule has 106 valence electrons. The predicted molar refractivity (Wildman–Crippen MR) is 71.6 cm³/mol. The first-order chi connectivity index (χ1) is 9.43. The zero-order chi connectivity index (χ0) is 14.9. The quantitative estimate of drug-likeness (QED) is 0.495. The van der Waals surface area contributed by atoms with E-state index in [0.717, 1.165) is 4.90 Å². The molecule has 0 saturated heterocycles. The van der Waals surface area contributed by atoms with Crippen LogP contribution in [0.4, 0.5) is 5.69 Å². The van der Waals surface area contributed by atoms with E-state index in [2.05, 4.69) is 5.32 Å². The van der Waals surface area contributed by atoms with Crippen molar-refractivity contribution in [2.75, 3.05) is 13.1 Å². The lowest BCUT2D eigenvalue weighted by Gasteiger charge is -2.15. The fourth-order valence-electron chi connectivity index (χ4n) is 2.14. The van der Waals surface area contributed by atoms with Crippen molar-refractivity contribution in [2.24, 2.45) is 0 Å². The molecule has 0 spiro atoms. The van der Waals surface area contributed by atoms with E-state index >= 15 is 0 Å². The molecular weight excluding hydrogens is 262 g/mol. The topological polar surface area (TPSA) is 92.6 Å². The number of imide groups is 1. The number of carbonyl (C=O) groups is 2. The molecule has 0 saturated carbocycles. The third-order valence-electron chi connectivity index (χ3n) is 3.06. The molecule has 1 aliphatic heterocycles. The fraction of sp³-hybridized carbons (Fsp3) is 0.385. The van der Waals surface area contributed by atoms with Gasteiger partial charge >= 0.3 is 0 Å². The van der Waals surface area contributed by atoms with Crippen molar-refractivity contribution in [3.05, 3.63) is 39.4 Å². The van der Waals surface area contributed by atoms with Crippen LogP contribution in [0.5, 0.6) is 0 Å². The zero-order valence-corrected chi connectivity index (χ0v) is 11.3. The summed E-state index contributed by atoms with van der Waals surface area (Å²) in [5.74, 6) is -1.07. The van der Waals surface area contributed by atoms with Crippen LogP contribution in [0.15, 0.2) is 18.2 Å². The van der Waals surface area contributed by atoms with E-state index < -0.39 is 16.7 Å². The number of amides is 2. The van der Waals surface area contributed by atoms with Gasteiger partial charge in [-0.3, -0.25) is 24.6 Å². The Bertz CT molecular complexity index is 583. The summed E-state index contributed by atoms with van der Waals surface area (Å²) < 4.78 is 0. The number of carbonyl (C=O) groups excluding carboxylic acids is 2. The second-order valence-electron chi connectivity index (χ2n) is 4.83. The molecule has 0 aromatic heterocycles. The highest BCUT2D eigenvalue weighted by Gasteiger charge is 2.40. The third kappa shape index (κ3) is 2.39. The normalized spacial score (nSPS) is 14.1. The fourth-order valence-corrected chi connectivity index (χ4v) is 2.14. The average Bonchev–Trinajstić information content (AvgIpc) is 2.63. The predicted octanol–water partition coefficient (Wildman–Crippen LogP) is 1.19. The molecule has 7 heteroatoms. The Labute approximate surface area is 115 Å². The Hall–Kier alpha value is -2.28. The van der Waals surface area contributed by atoms with E-state index in [-0.39, 0.29) is 29.4 Å². The largest absolute Gasteiger partial charge is 0.313 e. The van der Waals surface area contributed by atoms with E-state index in [1.54, 1.807) is 0 Å². The maximum Gasteiger partial charge on any atom is 0.282 e. The van der Waals surface area contributed by atoms with Gasteiger partial charge in [0.05, 0.1) is 10.5 Å². The van der Waals surface area contributed by atoms with E-state index in [4.69, 9.17) is 0 Å². The van der Waals surface area contributed by atoms with Gasteiger partial charge in [0, 0.05) is 25.2 Å². The molecule has 2 amide bonds. The van der Waals surface area contributed by atoms with Crippen LogP contribution in [0.1, 0.15) is 34.6 Å². The summed E-state index contributed by atoms with van der Waals surface area (Å²) in [6.45, 7) is 4.55. The van der Waals surface area contributed by atoms with E-state index in [0.29, 0.717) is 6.54 Å². The second kappa shape index (κ2) is 5.38. The summed E-state index contributed by atoms with van der Waals surface area (Å²) in [4.78, 5) is 35.6. The van der Waals surface area contributed by atoms with Crippen LogP contribution in [0.2, 0.25) is 0 Å². The van der Waals surface area contributed by atoms with Gasteiger partial charge in [-0.1, -0.05) is 19.9 Å². The second-order valence-corrected chi connectivity index (χ2v) is 4.83. The lowest BCUT2D eigenvalue weighted by molar-refractivity contribution is -0.385. The summed E-state index contributed by atoms with van der Waals surface area (Å²) in [6.07, 6.45) is 0. The third-order valence-corrected chi connectivity index (χ3v) is 3.06. The van der Waals surface area contributed by atoms with Gasteiger partial charge in [0.2, 0.25) is 0 Å². The summed E-state index contributed by atoms with van der Waals surface area (Å²) in [5, 5.41) is 14.0. The van der Waals surface area contributed by atoms with Crippen LogP contribution < -0.4 is 5.32 Å². The van der Waals surface area contributed by atoms with Gasteiger partial charge in [-0.15, -0.1) is 0 Å². The first-order valence-electron chi connectivity index (χ1n) is 6.30. The molecule has 0 bridgehead atoms. The van der Waals surface area contributed by atoms with Crippen molar-refractivity contribution in [1.29, 1.82) is 0 Å². The minimum Gasteiger partial charge on any atom is -0.313 e. The molecule has 0 aliphatic carbocycles. The number of hydrogen-bond donors (Lipinski definition) is 1. The number of benzene rings is 1. The Morgan fingerprint density at radius 3 is 2.60 bits per heavy atom. The molecule has 0 atom stereocenters. The van der Waals surface area contributed by atoms with Gasteiger partial charge < -0.3 is 5.32 Å². The van der Waals surface area contributed by atoms with Crippen LogP contribution in [-0.2, 0) is 0 Å². The Balaban J connectivity index is 2.26. The molecule has 1 N–H and O–H groups in total. The van der Waals surface area contributed by atoms with Crippen molar-refractivity contribution in [3.8, 4) is 0 Å². The molecule has 1 heterocycles. The molecular formula is C13H15N3O4. The van der Waals surface area contributed by atoms with E-state index in [9.17, 15) is 19.7 Å². The minimum absolute atomic E-state index is 0.105. The molecule has 1 aliphatic rings. The molecule has 0 unspecified atom stereocenters. The summed E-state index contributed by atoms with van der Waals surface area (Å²) in [7, 11) is 0. The lowest BCUT2D eigenvalue weighted by atomic mass is 10.1.